The molecule has 0 aliphatic carbocycles. The van der Waals surface area contributed by atoms with Gasteiger partial charge in [-0.25, -0.2) is 10.1 Å². The Morgan fingerprint density at radius 2 is 2.00 bits per heavy atom. The maximum atomic E-state index is 11.3. The van der Waals surface area contributed by atoms with Crippen LogP contribution in [0.1, 0.15) is 31.3 Å². The number of aryl methyl sites for hydroxylation is 1. The summed E-state index contributed by atoms with van der Waals surface area (Å²) in [6, 6.07) is 0. The van der Waals surface area contributed by atoms with Crippen LogP contribution >= 0.6 is 11.6 Å². The van der Waals surface area contributed by atoms with E-state index in [4.69, 9.17) is 16.7 Å². The Kier molecular flexibility index (Phi) is 5.61. The molecule has 0 amide bonds. The monoisotopic (exact) mass is 335 g/mol. The van der Waals surface area contributed by atoms with Crippen LogP contribution < -0.4 is 5.14 Å². The lowest BCUT2D eigenvalue weighted by Gasteiger charge is -2.32. The normalized spacial score (nSPS) is 18.2. The second-order valence-corrected chi connectivity index (χ2v) is 7.18. The van der Waals surface area contributed by atoms with Gasteiger partial charge in [-0.3, -0.25) is 4.90 Å². The zero-order valence-corrected chi connectivity index (χ0v) is 13.8. The third kappa shape index (κ3) is 4.65. The lowest BCUT2D eigenvalue weighted by molar-refractivity contribution is 0.180. The maximum absolute atomic E-state index is 11.3. The van der Waals surface area contributed by atoms with E-state index in [1.54, 1.807) is 0 Å². The molecule has 0 aromatic carbocycles. The van der Waals surface area contributed by atoms with Gasteiger partial charge < -0.3 is 4.98 Å². The van der Waals surface area contributed by atoms with E-state index in [-0.39, 0.29) is 0 Å². The number of nitrogens with zero attached hydrogens (tertiary/aromatic N) is 3. The van der Waals surface area contributed by atoms with Crippen LogP contribution in [0.15, 0.2) is 0 Å². The number of aromatic amines is 1. The van der Waals surface area contributed by atoms with Crippen molar-refractivity contribution in [1.29, 1.82) is 0 Å². The summed E-state index contributed by atoms with van der Waals surface area (Å²) >= 11 is 6.15. The molecule has 1 aliphatic rings. The number of unbranched alkanes of at least 4 members (excludes halogenated alkanes) is 1. The Morgan fingerprint density at radius 1 is 1.33 bits per heavy atom. The van der Waals surface area contributed by atoms with Crippen LogP contribution in [0.3, 0.4) is 0 Å². The highest BCUT2D eigenvalue weighted by molar-refractivity contribution is 7.86. The first-order chi connectivity index (χ1) is 9.90. The molecule has 1 aromatic rings. The average Bonchev–Trinajstić information content (AvgIpc) is 2.76. The standard InChI is InChI=1S/C12H22ClN5O2S/c1-2-3-4-11-15-10(12(13)16-11)9-17-5-7-18(8-6-17)21(14,19)20/h2-9H2,1H3,(H,15,16)(H2,14,19,20). The highest BCUT2D eigenvalue weighted by Gasteiger charge is 2.24. The molecule has 21 heavy (non-hydrogen) atoms. The quantitative estimate of drug-likeness (QED) is 0.801. The summed E-state index contributed by atoms with van der Waals surface area (Å²) in [7, 11) is -3.58. The maximum Gasteiger partial charge on any atom is 0.276 e. The van der Waals surface area contributed by atoms with Gasteiger partial charge in [0.15, 0.2) is 5.15 Å². The summed E-state index contributed by atoms with van der Waals surface area (Å²) in [5.41, 5.74) is 0.895. The molecule has 7 nitrogen and oxygen atoms in total. The third-order valence-electron chi connectivity index (χ3n) is 3.62. The van der Waals surface area contributed by atoms with E-state index >= 15 is 0 Å². The van der Waals surface area contributed by atoms with Crippen LogP contribution in [0, 0.1) is 0 Å². The Morgan fingerprint density at radius 3 is 2.57 bits per heavy atom. The number of imidazole rings is 1. The van der Waals surface area contributed by atoms with Crippen molar-refractivity contribution < 1.29 is 8.42 Å². The van der Waals surface area contributed by atoms with Crippen LogP contribution in [0.2, 0.25) is 5.15 Å². The topological polar surface area (TPSA) is 95.3 Å². The van der Waals surface area contributed by atoms with Gasteiger partial charge in [-0.05, 0) is 6.42 Å². The fourth-order valence-electron chi connectivity index (χ4n) is 2.37. The average molecular weight is 336 g/mol. The minimum Gasteiger partial charge on any atom is -0.344 e. The van der Waals surface area contributed by atoms with Crippen LogP contribution in [0.5, 0.6) is 0 Å². The predicted octanol–water partition coefficient (Wildman–Crippen LogP) is 0.727. The fraction of sp³-hybridized carbons (Fsp3) is 0.750. The molecule has 0 unspecified atom stereocenters. The van der Waals surface area contributed by atoms with E-state index < -0.39 is 10.2 Å². The van der Waals surface area contributed by atoms with E-state index in [1.807, 2.05) is 0 Å². The predicted molar refractivity (Wildman–Crippen MR) is 82.2 cm³/mol. The van der Waals surface area contributed by atoms with Gasteiger partial charge in [0, 0.05) is 39.1 Å². The lowest BCUT2D eigenvalue weighted by atomic mass is 10.2. The summed E-state index contributed by atoms with van der Waals surface area (Å²) in [6.07, 6.45) is 3.09. The number of H-pyrrole nitrogens is 1. The molecule has 0 spiro atoms. The van der Waals surface area contributed by atoms with Crippen LogP contribution in [-0.4, -0.2) is 53.8 Å². The molecule has 1 fully saturated rings. The van der Waals surface area contributed by atoms with Gasteiger partial charge in [0.1, 0.15) is 5.82 Å². The number of halogens is 1. The number of nitrogens with one attached hydrogen (secondary N) is 1. The first kappa shape index (κ1) is 16.7. The molecule has 3 N–H and O–H groups in total. The molecule has 2 heterocycles. The molecule has 120 valence electrons. The molecule has 2 rings (SSSR count). The van der Waals surface area contributed by atoms with Crippen molar-refractivity contribution in [2.24, 2.45) is 5.14 Å². The van der Waals surface area contributed by atoms with Crippen molar-refractivity contribution in [3.63, 3.8) is 0 Å². The molecule has 0 atom stereocenters. The summed E-state index contributed by atoms with van der Waals surface area (Å²) < 4.78 is 23.8. The van der Waals surface area contributed by atoms with E-state index in [0.717, 1.165) is 30.8 Å². The second-order valence-electron chi connectivity index (χ2n) is 5.28. The number of aromatic nitrogens is 2. The van der Waals surface area contributed by atoms with Crippen molar-refractivity contribution in [2.75, 3.05) is 26.2 Å². The van der Waals surface area contributed by atoms with E-state index in [9.17, 15) is 8.42 Å². The van der Waals surface area contributed by atoms with Gasteiger partial charge in [0.25, 0.3) is 10.2 Å². The van der Waals surface area contributed by atoms with E-state index in [1.165, 1.54) is 4.31 Å². The van der Waals surface area contributed by atoms with Crippen LogP contribution in [0.4, 0.5) is 0 Å². The van der Waals surface area contributed by atoms with Gasteiger partial charge in [-0.2, -0.15) is 12.7 Å². The summed E-state index contributed by atoms with van der Waals surface area (Å²) in [6.45, 7) is 4.87. The minimum absolute atomic E-state index is 0.410. The van der Waals surface area contributed by atoms with E-state index in [2.05, 4.69) is 21.8 Å². The Bertz CT molecular complexity index is 566. The lowest BCUT2D eigenvalue weighted by Crippen LogP contribution is -2.50. The number of nitrogens with two attached hydrogens (primary N) is 1. The Hall–Kier alpha value is -0.670. The third-order valence-corrected chi connectivity index (χ3v) is 5.01. The molecule has 1 saturated heterocycles. The number of hydrogen-bond acceptors (Lipinski definition) is 4. The summed E-state index contributed by atoms with van der Waals surface area (Å²) in [5.74, 6) is 0.917. The van der Waals surface area contributed by atoms with Crippen molar-refractivity contribution in [2.45, 2.75) is 32.7 Å². The van der Waals surface area contributed by atoms with E-state index in [0.29, 0.717) is 37.9 Å². The number of rotatable bonds is 6. The van der Waals surface area contributed by atoms with Crippen molar-refractivity contribution >= 4 is 21.8 Å². The van der Waals surface area contributed by atoms with Crippen molar-refractivity contribution in [3.05, 3.63) is 16.7 Å². The fourth-order valence-corrected chi connectivity index (χ4v) is 3.25. The number of hydrogen-bond donors (Lipinski definition) is 2. The van der Waals surface area contributed by atoms with Gasteiger partial charge in [-0.1, -0.05) is 24.9 Å². The highest BCUT2D eigenvalue weighted by atomic mass is 35.5. The van der Waals surface area contributed by atoms with Crippen molar-refractivity contribution in [1.82, 2.24) is 19.2 Å². The molecule has 1 aromatic heterocycles. The highest BCUT2D eigenvalue weighted by Crippen LogP contribution is 2.17. The molecule has 0 bridgehead atoms. The molecule has 1 aliphatic heterocycles. The zero-order valence-electron chi connectivity index (χ0n) is 12.2. The first-order valence-electron chi connectivity index (χ1n) is 7.13. The SMILES string of the molecule is CCCCc1nc(Cl)c(CN2CCN(S(N)(=O)=O)CC2)[nH]1. The first-order valence-corrected chi connectivity index (χ1v) is 9.01. The molecule has 9 heteroatoms. The zero-order chi connectivity index (χ0) is 15.5. The second kappa shape index (κ2) is 7.06. The van der Waals surface area contributed by atoms with Crippen molar-refractivity contribution in [3.8, 4) is 0 Å². The van der Waals surface area contributed by atoms with Crippen LogP contribution in [0.25, 0.3) is 0 Å². The number of piperazine rings is 1. The van der Waals surface area contributed by atoms with Gasteiger partial charge >= 0.3 is 0 Å². The molecular weight excluding hydrogens is 314 g/mol. The largest absolute Gasteiger partial charge is 0.344 e. The Labute approximate surface area is 130 Å². The van der Waals surface area contributed by atoms with Gasteiger partial charge in [0.05, 0.1) is 5.69 Å². The molecular formula is C12H22ClN5O2S. The summed E-state index contributed by atoms with van der Waals surface area (Å²) in [5, 5.41) is 5.63. The van der Waals surface area contributed by atoms with Gasteiger partial charge in [0.2, 0.25) is 0 Å². The summed E-state index contributed by atoms with van der Waals surface area (Å²) in [4.78, 5) is 9.73. The Balaban J connectivity index is 1.90. The minimum atomic E-state index is -3.58. The van der Waals surface area contributed by atoms with Gasteiger partial charge in [-0.15, -0.1) is 0 Å². The van der Waals surface area contributed by atoms with Crippen LogP contribution in [-0.2, 0) is 23.2 Å². The smallest absolute Gasteiger partial charge is 0.276 e. The molecule has 0 saturated carbocycles. The molecule has 0 radical (unpaired) electrons.